The highest BCUT2D eigenvalue weighted by atomic mass is 16.5. The monoisotopic (exact) mass is 216 g/mol. The lowest BCUT2D eigenvalue weighted by molar-refractivity contribution is -0.134. The molecule has 0 unspecified atom stereocenters. The SMILES string of the molecule is O=C1OCC/C1=C\c1ccc2c(c1)CCO2. The molecule has 3 heteroatoms. The minimum Gasteiger partial charge on any atom is -0.493 e. The Morgan fingerprint density at radius 1 is 1.12 bits per heavy atom. The second kappa shape index (κ2) is 3.67. The lowest BCUT2D eigenvalue weighted by atomic mass is 10.1. The third kappa shape index (κ3) is 1.58. The Labute approximate surface area is 93.7 Å². The van der Waals surface area contributed by atoms with Gasteiger partial charge < -0.3 is 9.47 Å². The van der Waals surface area contributed by atoms with E-state index in [1.165, 1.54) is 5.56 Å². The largest absolute Gasteiger partial charge is 0.493 e. The summed E-state index contributed by atoms with van der Waals surface area (Å²) in [5.41, 5.74) is 3.04. The van der Waals surface area contributed by atoms with Crippen LogP contribution in [0.3, 0.4) is 0 Å². The van der Waals surface area contributed by atoms with E-state index in [2.05, 4.69) is 6.07 Å². The first-order valence-electron chi connectivity index (χ1n) is 5.46. The van der Waals surface area contributed by atoms with Crippen molar-refractivity contribution in [1.29, 1.82) is 0 Å². The van der Waals surface area contributed by atoms with Gasteiger partial charge in [-0.15, -0.1) is 0 Å². The molecule has 3 nitrogen and oxygen atoms in total. The molecule has 0 aliphatic carbocycles. The number of benzene rings is 1. The second-order valence-electron chi connectivity index (χ2n) is 4.02. The summed E-state index contributed by atoms with van der Waals surface area (Å²) in [5, 5.41) is 0. The van der Waals surface area contributed by atoms with Crippen LogP contribution in [0, 0.1) is 0 Å². The van der Waals surface area contributed by atoms with Gasteiger partial charge in [-0.25, -0.2) is 4.79 Å². The van der Waals surface area contributed by atoms with E-state index in [0.717, 1.165) is 29.9 Å². The van der Waals surface area contributed by atoms with Gasteiger partial charge in [0.1, 0.15) is 5.75 Å². The number of esters is 1. The fourth-order valence-corrected chi connectivity index (χ4v) is 2.08. The normalized spacial score (nSPS) is 20.8. The molecule has 2 heterocycles. The van der Waals surface area contributed by atoms with Gasteiger partial charge in [-0.2, -0.15) is 0 Å². The minimum absolute atomic E-state index is 0.184. The molecule has 0 spiro atoms. The molecule has 1 fully saturated rings. The smallest absolute Gasteiger partial charge is 0.334 e. The average Bonchev–Trinajstić information content (AvgIpc) is 2.88. The fraction of sp³-hybridized carbons (Fsp3) is 0.308. The van der Waals surface area contributed by atoms with E-state index in [0.29, 0.717) is 13.0 Å². The lowest BCUT2D eigenvalue weighted by Gasteiger charge is -2.00. The van der Waals surface area contributed by atoms with Crippen molar-refractivity contribution in [3.8, 4) is 5.75 Å². The highest BCUT2D eigenvalue weighted by Crippen LogP contribution is 2.27. The highest BCUT2D eigenvalue weighted by molar-refractivity contribution is 5.95. The summed E-state index contributed by atoms with van der Waals surface area (Å²) in [4.78, 5) is 11.3. The van der Waals surface area contributed by atoms with Crippen LogP contribution >= 0.6 is 0 Å². The zero-order chi connectivity index (χ0) is 11.0. The van der Waals surface area contributed by atoms with Gasteiger partial charge in [0.05, 0.1) is 13.2 Å². The van der Waals surface area contributed by atoms with Crippen LogP contribution < -0.4 is 4.74 Å². The molecular formula is C13H12O3. The Balaban J connectivity index is 1.93. The predicted octanol–water partition coefficient (Wildman–Crippen LogP) is 1.95. The van der Waals surface area contributed by atoms with Crippen LogP contribution in [-0.2, 0) is 16.0 Å². The summed E-state index contributed by atoms with van der Waals surface area (Å²) in [5.74, 6) is 0.785. The summed E-state index contributed by atoms with van der Waals surface area (Å²) in [6.45, 7) is 1.27. The Kier molecular flexibility index (Phi) is 2.17. The quantitative estimate of drug-likeness (QED) is 0.531. The number of rotatable bonds is 1. The van der Waals surface area contributed by atoms with Gasteiger partial charge in [0.2, 0.25) is 0 Å². The highest BCUT2D eigenvalue weighted by Gasteiger charge is 2.19. The van der Waals surface area contributed by atoms with E-state index in [1.54, 1.807) is 0 Å². The number of carbonyl (C=O) groups is 1. The van der Waals surface area contributed by atoms with Gasteiger partial charge in [-0.1, -0.05) is 6.07 Å². The molecule has 0 amide bonds. The van der Waals surface area contributed by atoms with Crippen LogP contribution in [0.5, 0.6) is 5.75 Å². The first kappa shape index (κ1) is 9.46. The number of hydrogen-bond acceptors (Lipinski definition) is 3. The van der Waals surface area contributed by atoms with Crippen molar-refractivity contribution >= 4 is 12.0 Å². The van der Waals surface area contributed by atoms with E-state index >= 15 is 0 Å². The molecule has 3 rings (SSSR count). The summed E-state index contributed by atoms with van der Waals surface area (Å²) < 4.78 is 10.3. The van der Waals surface area contributed by atoms with Crippen LogP contribution in [-0.4, -0.2) is 19.2 Å². The molecule has 0 N–H and O–H groups in total. The molecule has 0 radical (unpaired) electrons. The van der Waals surface area contributed by atoms with E-state index < -0.39 is 0 Å². The number of carbonyl (C=O) groups excluding carboxylic acids is 1. The van der Waals surface area contributed by atoms with Crippen molar-refractivity contribution in [3.63, 3.8) is 0 Å². The van der Waals surface area contributed by atoms with Crippen LogP contribution in [0.2, 0.25) is 0 Å². The average molecular weight is 216 g/mol. The van der Waals surface area contributed by atoms with Crippen molar-refractivity contribution in [2.24, 2.45) is 0 Å². The topological polar surface area (TPSA) is 35.5 Å². The van der Waals surface area contributed by atoms with E-state index in [-0.39, 0.29) is 5.97 Å². The molecule has 0 bridgehead atoms. The van der Waals surface area contributed by atoms with Gasteiger partial charge in [0.25, 0.3) is 0 Å². The first-order chi connectivity index (χ1) is 7.83. The molecule has 2 aliphatic heterocycles. The predicted molar refractivity (Wildman–Crippen MR) is 59.2 cm³/mol. The maximum Gasteiger partial charge on any atom is 0.334 e. The molecular weight excluding hydrogens is 204 g/mol. The van der Waals surface area contributed by atoms with Crippen molar-refractivity contribution in [1.82, 2.24) is 0 Å². The molecule has 82 valence electrons. The Hall–Kier alpha value is -1.77. The van der Waals surface area contributed by atoms with E-state index in [4.69, 9.17) is 9.47 Å². The van der Waals surface area contributed by atoms with Gasteiger partial charge in [0.15, 0.2) is 0 Å². The third-order valence-electron chi connectivity index (χ3n) is 2.92. The van der Waals surface area contributed by atoms with E-state index in [9.17, 15) is 4.79 Å². The number of ether oxygens (including phenoxy) is 2. The zero-order valence-electron chi connectivity index (χ0n) is 8.86. The second-order valence-corrected chi connectivity index (χ2v) is 4.02. The van der Waals surface area contributed by atoms with Crippen molar-refractivity contribution in [2.75, 3.05) is 13.2 Å². The molecule has 0 aromatic heterocycles. The van der Waals surface area contributed by atoms with Crippen LogP contribution in [0.1, 0.15) is 17.5 Å². The maximum atomic E-state index is 11.3. The van der Waals surface area contributed by atoms with Gasteiger partial charge in [-0.3, -0.25) is 0 Å². The molecule has 0 atom stereocenters. The Morgan fingerprint density at radius 3 is 2.81 bits per heavy atom. The molecule has 16 heavy (non-hydrogen) atoms. The third-order valence-corrected chi connectivity index (χ3v) is 2.92. The molecule has 1 aromatic rings. The molecule has 0 saturated carbocycles. The van der Waals surface area contributed by atoms with Gasteiger partial charge >= 0.3 is 5.97 Å². The Morgan fingerprint density at radius 2 is 2.00 bits per heavy atom. The van der Waals surface area contributed by atoms with Gasteiger partial charge in [-0.05, 0) is 29.3 Å². The molecule has 2 aliphatic rings. The van der Waals surface area contributed by atoms with Crippen molar-refractivity contribution in [2.45, 2.75) is 12.8 Å². The Bertz CT molecular complexity index is 474. The van der Waals surface area contributed by atoms with Crippen LogP contribution in [0.15, 0.2) is 23.8 Å². The van der Waals surface area contributed by atoms with Crippen LogP contribution in [0.25, 0.3) is 6.08 Å². The van der Waals surface area contributed by atoms with Crippen LogP contribution in [0.4, 0.5) is 0 Å². The van der Waals surface area contributed by atoms with Gasteiger partial charge in [0, 0.05) is 18.4 Å². The summed E-state index contributed by atoms with van der Waals surface area (Å²) in [6.07, 6.45) is 3.58. The first-order valence-corrected chi connectivity index (χ1v) is 5.46. The maximum absolute atomic E-state index is 11.3. The lowest BCUT2D eigenvalue weighted by Crippen LogP contribution is -1.94. The summed E-state index contributed by atoms with van der Waals surface area (Å²) in [6, 6.07) is 6.03. The van der Waals surface area contributed by atoms with Crippen molar-refractivity contribution in [3.05, 3.63) is 34.9 Å². The zero-order valence-corrected chi connectivity index (χ0v) is 8.86. The van der Waals surface area contributed by atoms with Crippen molar-refractivity contribution < 1.29 is 14.3 Å². The summed E-state index contributed by atoms with van der Waals surface area (Å²) in [7, 11) is 0. The fourth-order valence-electron chi connectivity index (χ4n) is 2.08. The standard InChI is InChI=1S/C13H12O3/c14-13-11(4-6-16-13)8-9-1-2-12-10(7-9)3-5-15-12/h1-2,7-8H,3-6H2/b11-8+. The molecule has 1 aromatic carbocycles. The minimum atomic E-state index is -0.184. The number of hydrogen-bond donors (Lipinski definition) is 0. The summed E-state index contributed by atoms with van der Waals surface area (Å²) >= 11 is 0. The number of fused-ring (bicyclic) bond motifs is 1. The van der Waals surface area contributed by atoms with E-state index in [1.807, 2.05) is 18.2 Å². The number of cyclic esters (lactones) is 1. The molecule has 1 saturated heterocycles.